The molecule has 1 aromatic heterocycles. The molecule has 4 aliphatic carbocycles. The largest absolute Gasteiger partial charge is 0.383 e. The number of rotatable bonds is 6. The highest BCUT2D eigenvalue weighted by atomic mass is 16.5. The topological polar surface area (TPSA) is 69.4 Å². The first-order valence-corrected chi connectivity index (χ1v) is 12.0. The molecular weight excluding hydrogens is 380 g/mol. The van der Waals surface area contributed by atoms with E-state index in [1.165, 1.54) is 23.9 Å². The van der Waals surface area contributed by atoms with E-state index in [9.17, 15) is 9.59 Å². The number of ether oxygens (including phenoxy) is 1. The highest BCUT2D eigenvalue weighted by molar-refractivity contribution is 5.83. The van der Waals surface area contributed by atoms with Gasteiger partial charge in [0.2, 0.25) is 5.91 Å². The van der Waals surface area contributed by atoms with Crippen molar-refractivity contribution in [2.45, 2.75) is 77.3 Å². The lowest BCUT2D eigenvalue weighted by Gasteiger charge is -2.57. The maximum absolute atomic E-state index is 13.6. The maximum atomic E-state index is 13.6. The van der Waals surface area contributed by atoms with Crippen molar-refractivity contribution in [3.63, 3.8) is 0 Å². The van der Waals surface area contributed by atoms with E-state index in [1.807, 2.05) is 6.92 Å². The van der Waals surface area contributed by atoms with Gasteiger partial charge in [0.15, 0.2) is 0 Å². The molecule has 7 nitrogen and oxygen atoms in total. The Labute approximate surface area is 178 Å². The Bertz CT molecular complexity index is 814. The summed E-state index contributed by atoms with van der Waals surface area (Å²) >= 11 is 0. The first kappa shape index (κ1) is 20.3. The van der Waals surface area contributed by atoms with Crippen molar-refractivity contribution in [3.8, 4) is 0 Å². The van der Waals surface area contributed by atoms with Gasteiger partial charge >= 0.3 is 5.69 Å². The Morgan fingerprint density at radius 1 is 1.10 bits per heavy atom. The van der Waals surface area contributed by atoms with Crippen molar-refractivity contribution in [3.05, 3.63) is 16.3 Å². The summed E-state index contributed by atoms with van der Waals surface area (Å²) in [6, 6.07) is 0. The van der Waals surface area contributed by atoms with Crippen LogP contribution >= 0.6 is 0 Å². The van der Waals surface area contributed by atoms with E-state index >= 15 is 0 Å². The normalized spacial score (nSPS) is 33.4. The third-order valence-electron chi connectivity index (χ3n) is 8.41. The average Bonchev–Trinajstić information content (AvgIpc) is 3.06. The number of amides is 1. The van der Waals surface area contributed by atoms with Gasteiger partial charge < -0.3 is 9.64 Å². The Hall–Kier alpha value is -1.63. The fourth-order valence-electron chi connectivity index (χ4n) is 7.43. The van der Waals surface area contributed by atoms with Crippen LogP contribution in [0.4, 0.5) is 0 Å². The molecule has 4 bridgehead atoms. The molecule has 0 aromatic carbocycles. The molecule has 1 aromatic rings. The van der Waals surface area contributed by atoms with Gasteiger partial charge in [0.1, 0.15) is 5.82 Å². The Kier molecular flexibility index (Phi) is 5.28. The molecule has 2 heterocycles. The number of carbonyl (C=O) groups is 1. The summed E-state index contributed by atoms with van der Waals surface area (Å²) in [4.78, 5) is 28.4. The van der Waals surface area contributed by atoms with Crippen LogP contribution in [-0.2, 0) is 22.6 Å². The van der Waals surface area contributed by atoms with Crippen LogP contribution < -0.4 is 5.69 Å². The second-order valence-corrected chi connectivity index (χ2v) is 10.4. The molecular formula is C23H36N4O3. The van der Waals surface area contributed by atoms with Gasteiger partial charge in [-0.1, -0.05) is 0 Å². The van der Waals surface area contributed by atoms with Gasteiger partial charge in [-0.2, -0.15) is 5.10 Å². The van der Waals surface area contributed by atoms with Crippen molar-refractivity contribution in [2.24, 2.45) is 23.2 Å². The predicted molar refractivity (Wildman–Crippen MR) is 113 cm³/mol. The van der Waals surface area contributed by atoms with Crippen LogP contribution in [0.3, 0.4) is 0 Å². The van der Waals surface area contributed by atoms with Crippen LogP contribution in [0.5, 0.6) is 0 Å². The first-order valence-electron chi connectivity index (χ1n) is 12.0. The van der Waals surface area contributed by atoms with Crippen molar-refractivity contribution in [2.75, 3.05) is 26.8 Å². The van der Waals surface area contributed by atoms with Crippen LogP contribution in [0.25, 0.3) is 0 Å². The van der Waals surface area contributed by atoms with Crippen LogP contribution in [0.15, 0.2) is 4.79 Å². The van der Waals surface area contributed by atoms with Gasteiger partial charge in [0.05, 0.1) is 18.6 Å². The number of hydrogen-bond acceptors (Lipinski definition) is 4. The van der Waals surface area contributed by atoms with E-state index in [1.54, 1.807) is 11.7 Å². The summed E-state index contributed by atoms with van der Waals surface area (Å²) in [5.41, 5.74) is -0.0916. The molecule has 5 aliphatic rings. The van der Waals surface area contributed by atoms with E-state index in [2.05, 4.69) is 10.00 Å². The number of likely N-dealkylation sites (tertiary alicyclic amines) is 1. The minimum Gasteiger partial charge on any atom is -0.383 e. The van der Waals surface area contributed by atoms with Crippen molar-refractivity contribution in [1.82, 2.24) is 19.2 Å². The lowest BCUT2D eigenvalue weighted by Crippen LogP contribution is -2.55. The molecule has 0 atom stereocenters. The second-order valence-electron chi connectivity index (χ2n) is 10.4. The summed E-state index contributed by atoms with van der Waals surface area (Å²) in [5.74, 6) is 3.98. The van der Waals surface area contributed by atoms with E-state index in [-0.39, 0.29) is 17.0 Å². The fraction of sp³-hybridized carbons (Fsp3) is 0.870. The van der Waals surface area contributed by atoms with Gasteiger partial charge in [0, 0.05) is 32.7 Å². The van der Waals surface area contributed by atoms with Gasteiger partial charge in [-0.25, -0.2) is 9.48 Å². The smallest absolute Gasteiger partial charge is 0.345 e. The lowest BCUT2D eigenvalue weighted by atomic mass is 9.49. The molecule has 6 rings (SSSR count). The molecule has 1 aliphatic heterocycles. The second kappa shape index (κ2) is 7.81. The van der Waals surface area contributed by atoms with E-state index in [4.69, 9.17) is 4.74 Å². The third-order valence-corrected chi connectivity index (χ3v) is 8.41. The van der Waals surface area contributed by atoms with Gasteiger partial charge in [-0.05, 0) is 76.0 Å². The summed E-state index contributed by atoms with van der Waals surface area (Å²) in [6.45, 7) is 5.20. The highest BCUT2D eigenvalue weighted by Crippen LogP contribution is 2.60. The monoisotopic (exact) mass is 416 g/mol. The molecule has 4 saturated carbocycles. The molecule has 0 N–H and O–H groups in total. The first-order chi connectivity index (χ1) is 14.5. The zero-order valence-electron chi connectivity index (χ0n) is 18.5. The SMILES string of the molecule is CCn1c(C2CCN(C(=O)C34CC5CC(CC(C5)C3)C4)CC2)nn(CCOC)c1=O. The zero-order chi connectivity index (χ0) is 20.9. The summed E-state index contributed by atoms with van der Waals surface area (Å²) in [6.07, 6.45) is 9.32. The van der Waals surface area contributed by atoms with E-state index < -0.39 is 0 Å². The molecule has 1 saturated heterocycles. The number of hydrogen-bond donors (Lipinski definition) is 0. The predicted octanol–water partition coefficient (Wildman–Crippen LogP) is 2.63. The number of piperidine rings is 1. The zero-order valence-corrected chi connectivity index (χ0v) is 18.5. The number of carbonyl (C=O) groups excluding carboxylic acids is 1. The van der Waals surface area contributed by atoms with Gasteiger partial charge in [0.25, 0.3) is 0 Å². The summed E-state index contributed by atoms with van der Waals surface area (Å²) in [5, 5.41) is 4.65. The van der Waals surface area contributed by atoms with Crippen LogP contribution in [0.2, 0.25) is 0 Å². The van der Waals surface area contributed by atoms with Gasteiger partial charge in [-0.3, -0.25) is 9.36 Å². The fourth-order valence-corrected chi connectivity index (χ4v) is 7.43. The standard InChI is InChI=1S/C23H36N4O3/c1-3-26-20(24-27(22(26)29)8-9-30-2)19-4-6-25(7-5-19)21(28)23-13-16-10-17(14-23)12-18(11-16)15-23/h16-19H,3-15H2,1-2H3. The number of nitrogens with zero attached hydrogens (tertiary/aromatic N) is 4. The van der Waals surface area contributed by atoms with Gasteiger partial charge in [-0.15, -0.1) is 0 Å². The molecule has 0 radical (unpaired) electrons. The van der Waals surface area contributed by atoms with Crippen molar-refractivity contribution in [1.29, 1.82) is 0 Å². The minimum atomic E-state index is -0.0468. The summed E-state index contributed by atoms with van der Waals surface area (Å²) < 4.78 is 8.46. The number of aromatic nitrogens is 3. The molecule has 30 heavy (non-hydrogen) atoms. The Balaban J connectivity index is 1.27. The summed E-state index contributed by atoms with van der Waals surface area (Å²) in [7, 11) is 1.64. The van der Waals surface area contributed by atoms with Crippen LogP contribution in [0.1, 0.15) is 70.0 Å². The molecule has 0 spiro atoms. The molecule has 7 heteroatoms. The molecule has 166 valence electrons. The lowest BCUT2D eigenvalue weighted by molar-refractivity contribution is -0.158. The molecule has 5 fully saturated rings. The highest BCUT2D eigenvalue weighted by Gasteiger charge is 2.55. The Morgan fingerprint density at radius 2 is 1.70 bits per heavy atom. The Morgan fingerprint density at radius 3 is 2.23 bits per heavy atom. The number of methoxy groups -OCH3 is 1. The maximum Gasteiger partial charge on any atom is 0.345 e. The molecule has 0 unspecified atom stereocenters. The third kappa shape index (κ3) is 3.33. The average molecular weight is 417 g/mol. The van der Waals surface area contributed by atoms with Crippen molar-refractivity contribution < 1.29 is 9.53 Å². The van der Waals surface area contributed by atoms with Crippen molar-refractivity contribution >= 4 is 5.91 Å². The molecule has 1 amide bonds. The van der Waals surface area contributed by atoms with Crippen LogP contribution in [-0.4, -0.2) is 52.0 Å². The quantitative estimate of drug-likeness (QED) is 0.715. The minimum absolute atomic E-state index is 0.0448. The van der Waals surface area contributed by atoms with Crippen LogP contribution in [0, 0.1) is 23.2 Å². The van der Waals surface area contributed by atoms with E-state index in [0.29, 0.717) is 25.6 Å². The van der Waals surface area contributed by atoms with E-state index in [0.717, 1.165) is 68.8 Å².